The molecule has 1 saturated carbocycles. The number of ether oxygens (including phenoxy) is 1. The fourth-order valence-electron chi connectivity index (χ4n) is 6.45. The molecule has 29 heavy (non-hydrogen) atoms. The minimum atomic E-state index is -0.387. The van der Waals surface area contributed by atoms with Gasteiger partial charge in [-0.1, -0.05) is 25.1 Å². The van der Waals surface area contributed by atoms with Crippen LogP contribution in [0.1, 0.15) is 59.2 Å². The quantitative estimate of drug-likeness (QED) is 0.774. The van der Waals surface area contributed by atoms with Crippen molar-refractivity contribution in [3.05, 3.63) is 71.1 Å². The van der Waals surface area contributed by atoms with Crippen LogP contribution in [0.15, 0.2) is 48.8 Å². The van der Waals surface area contributed by atoms with Crippen LogP contribution in [0.3, 0.4) is 0 Å². The molecule has 0 spiro atoms. The molecule has 0 aliphatic heterocycles. The van der Waals surface area contributed by atoms with Gasteiger partial charge in [0, 0.05) is 18.3 Å². The van der Waals surface area contributed by atoms with Crippen molar-refractivity contribution in [3.63, 3.8) is 0 Å². The average molecular weight is 389 g/mol. The first kappa shape index (κ1) is 18.6. The Morgan fingerprint density at radius 3 is 2.93 bits per heavy atom. The highest BCUT2D eigenvalue weighted by Gasteiger charge is 2.55. The van der Waals surface area contributed by atoms with Gasteiger partial charge in [0.1, 0.15) is 0 Å². The molecule has 1 aromatic carbocycles. The molecule has 3 aliphatic rings. The Kier molecular flexibility index (Phi) is 4.36. The highest BCUT2D eigenvalue weighted by molar-refractivity contribution is 5.89. The molecule has 0 saturated heterocycles. The number of aryl methyl sites for hydroxylation is 1. The lowest BCUT2D eigenvalue weighted by Gasteiger charge is -2.52. The number of aromatic nitrogens is 1. The average Bonchev–Trinajstić information content (AvgIpc) is 3.09. The minimum Gasteiger partial charge on any atom is -0.465 e. The molecule has 1 heterocycles. The molecule has 1 N–H and O–H groups in total. The highest BCUT2D eigenvalue weighted by Crippen LogP contribution is 2.63. The Bertz CT molecular complexity index is 983. The van der Waals surface area contributed by atoms with Gasteiger partial charge in [-0.2, -0.15) is 0 Å². The molecule has 4 heteroatoms. The van der Waals surface area contributed by atoms with Gasteiger partial charge < -0.3 is 9.84 Å². The van der Waals surface area contributed by atoms with E-state index in [1.165, 1.54) is 29.4 Å². The van der Waals surface area contributed by atoms with E-state index in [4.69, 9.17) is 4.74 Å². The Hall–Kier alpha value is -2.46. The van der Waals surface area contributed by atoms with E-state index in [2.05, 4.69) is 30.1 Å². The van der Waals surface area contributed by atoms with Crippen LogP contribution >= 0.6 is 0 Å². The van der Waals surface area contributed by atoms with Gasteiger partial charge in [-0.3, -0.25) is 4.98 Å². The number of benzene rings is 1. The van der Waals surface area contributed by atoms with Crippen LogP contribution in [0.4, 0.5) is 0 Å². The Morgan fingerprint density at radius 2 is 2.17 bits per heavy atom. The number of aliphatic hydroxyl groups excluding tert-OH is 1. The monoisotopic (exact) mass is 389 g/mol. The standard InChI is InChI=1S/C25H27NO3/c1-25-13-22(27)23-18-7-6-16(24(28)29-2)12-15(18)5-8-19(23)21(25)10-9-20(25)17-4-3-11-26-14-17/h3-4,6-7,9,11-12,14,19,21-23,27H,5,8,10,13H2,1-2H3/t19-,21-,22+,23+,25+/m0/s1. The Labute approximate surface area is 171 Å². The highest BCUT2D eigenvalue weighted by atomic mass is 16.5. The number of pyridine rings is 1. The fourth-order valence-corrected chi connectivity index (χ4v) is 6.45. The van der Waals surface area contributed by atoms with Crippen LogP contribution in [0.25, 0.3) is 5.57 Å². The number of carbonyl (C=O) groups excluding carboxylic acids is 1. The van der Waals surface area contributed by atoms with Gasteiger partial charge in [0.05, 0.1) is 18.8 Å². The van der Waals surface area contributed by atoms with Crippen LogP contribution in [-0.2, 0) is 11.2 Å². The molecule has 150 valence electrons. The normalized spacial score (nSPS) is 32.6. The first-order valence-electron chi connectivity index (χ1n) is 10.5. The van der Waals surface area contributed by atoms with E-state index in [1.54, 1.807) is 0 Å². The molecule has 3 aliphatic carbocycles. The van der Waals surface area contributed by atoms with Crippen molar-refractivity contribution < 1.29 is 14.6 Å². The lowest BCUT2D eigenvalue weighted by Crippen LogP contribution is -2.47. The number of hydrogen-bond acceptors (Lipinski definition) is 4. The third-order valence-corrected chi connectivity index (χ3v) is 7.68. The van der Waals surface area contributed by atoms with Gasteiger partial charge in [0.25, 0.3) is 0 Å². The number of rotatable bonds is 2. The van der Waals surface area contributed by atoms with E-state index in [0.29, 0.717) is 17.4 Å². The summed E-state index contributed by atoms with van der Waals surface area (Å²) in [6.45, 7) is 2.33. The summed E-state index contributed by atoms with van der Waals surface area (Å²) in [6, 6.07) is 9.99. The number of fused-ring (bicyclic) bond motifs is 5. The van der Waals surface area contributed by atoms with Gasteiger partial charge in [-0.05, 0) is 83.4 Å². The maximum absolute atomic E-state index is 11.9. The van der Waals surface area contributed by atoms with Gasteiger partial charge in [-0.15, -0.1) is 0 Å². The van der Waals surface area contributed by atoms with Crippen molar-refractivity contribution in [1.82, 2.24) is 4.98 Å². The van der Waals surface area contributed by atoms with Crippen LogP contribution in [0.5, 0.6) is 0 Å². The third-order valence-electron chi connectivity index (χ3n) is 7.68. The fraction of sp³-hybridized carbons (Fsp3) is 0.440. The van der Waals surface area contributed by atoms with Crippen molar-refractivity contribution in [2.24, 2.45) is 17.3 Å². The summed E-state index contributed by atoms with van der Waals surface area (Å²) in [5.74, 6) is 0.822. The van der Waals surface area contributed by atoms with Crippen molar-refractivity contribution in [2.75, 3.05) is 7.11 Å². The minimum absolute atomic E-state index is 0.0208. The molecule has 2 aromatic rings. The number of methoxy groups -OCH3 is 1. The molecule has 0 radical (unpaired) electrons. The number of carbonyl (C=O) groups is 1. The predicted molar refractivity (Wildman–Crippen MR) is 111 cm³/mol. The summed E-state index contributed by atoms with van der Waals surface area (Å²) in [6.07, 6.45) is 9.57. The zero-order valence-electron chi connectivity index (χ0n) is 17.0. The smallest absolute Gasteiger partial charge is 0.337 e. The molecule has 5 atom stereocenters. The van der Waals surface area contributed by atoms with Crippen LogP contribution in [0, 0.1) is 17.3 Å². The second-order valence-corrected chi connectivity index (χ2v) is 9.02. The van der Waals surface area contributed by atoms with E-state index >= 15 is 0 Å². The second-order valence-electron chi connectivity index (χ2n) is 9.02. The van der Waals surface area contributed by atoms with Crippen LogP contribution in [0.2, 0.25) is 0 Å². The number of aliphatic hydroxyl groups is 1. The lowest BCUT2D eigenvalue weighted by atomic mass is 9.53. The van der Waals surface area contributed by atoms with Crippen molar-refractivity contribution >= 4 is 11.5 Å². The maximum atomic E-state index is 11.9. The molecule has 4 nitrogen and oxygen atoms in total. The van der Waals surface area contributed by atoms with Crippen LogP contribution < -0.4 is 0 Å². The van der Waals surface area contributed by atoms with Crippen molar-refractivity contribution in [1.29, 1.82) is 0 Å². The summed E-state index contributed by atoms with van der Waals surface area (Å²) in [4.78, 5) is 16.2. The molecular weight excluding hydrogens is 362 g/mol. The number of hydrogen-bond donors (Lipinski definition) is 1. The second kappa shape index (κ2) is 6.81. The number of esters is 1. The predicted octanol–water partition coefficient (Wildman–Crippen LogP) is 4.39. The van der Waals surface area contributed by atoms with E-state index < -0.39 is 0 Å². The summed E-state index contributed by atoms with van der Waals surface area (Å²) >= 11 is 0. The van der Waals surface area contributed by atoms with Gasteiger partial charge >= 0.3 is 5.97 Å². The third kappa shape index (κ3) is 2.77. The van der Waals surface area contributed by atoms with Crippen molar-refractivity contribution in [3.8, 4) is 0 Å². The first-order valence-corrected chi connectivity index (χ1v) is 10.5. The van der Waals surface area contributed by atoms with Gasteiger partial charge in [0.2, 0.25) is 0 Å². The molecule has 0 unspecified atom stereocenters. The van der Waals surface area contributed by atoms with Crippen molar-refractivity contribution in [2.45, 2.75) is 44.6 Å². The SMILES string of the molecule is COC(=O)c1ccc2c(c1)CC[C@@H]1[C@@H]2[C@H](O)C[C@]2(C)C(c3cccnc3)=CC[C@@H]12. The van der Waals surface area contributed by atoms with E-state index in [1.807, 2.05) is 30.6 Å². The zero-order valence-corrected chi connectivity index (χ0v) is 17.0. The number of nitrogens with zero attached hydrogens (tertiary/aromatic N) is 1. The molecule has 0 amide bonds. The summed E-state index contributed by atoms with van der Waals surface area (Å²) < 4.78 is 4.88. The summed E-state index contributed by atoms with van der Waals surface area (Å²) in [7, 11) is 1.41. The maximum Gasteiger partial charge on any atom is 0.337 e. The topological polar surface area (TPSA) is 59.4 Å². The van der Waals surface area contributed by atoms with E-state index in [-0.39, 0.29) is 23.4 Å². The van der Waals surface area contributed by atoms with E-state index in [0.717, 1.165) is 25.7 Å². The molecule has 5 rings (SSSR count). The van der Waals surface area contributed by atoms with Gasteiger partial charge in [-0.25, -0.2) is 4.79 Å². The molecule has 0 bridgehead atoms. The zero-order chi connectivity index (χ0) is 20.2. The van der Waals surface area contributed by atoms with Gasteiger partial charge in [0.15, 0.2) is 0 Å². The molecule has 1 fully saturated rings. The lowest BCUT2D eigenvalue weighted by molar-refractivity contribution is -0.0196. The van der Waals surface area contributed by atoms with E-state index in [9.17, 15) is 9.90 Å². The Balaban J connectivity index is 1.49. The Morgan fingerprint density at radius 1 is 1.31 bits per heavy atom. The molecule has 1 aromatic heterocycles. The summed E-state index contributed by atoms with van der Waals surface area (Å²) in [5, 5.41) is 11.3. The largest absolute Gasteiger partial charge is 0.465 e. The molecular formula is C25H27NO3. The number of allylic oxidation sites excluding steroid dienone is 2. The summed E-state index contributed by atoms with van der Waals surface area (Å²) in [5.41, 5.74) is 5.52. The first-order chi connectivity index (χ1) is 14.0. The van der Waals surface area contributed by atoms with Crippen LogP contribution in [-0.4, -0.2) is 29.3 Å².